The van der Waals surface area contributed by atoms with Gasteiger partial charge in [-0.3, -0.25) is 9.59 Å². The molecule has 1 aromatic rings. The topological polar surface area (TPSA) is 79.5 Å². The summed E-state index contributed by atoms with van der Waals surface area (Å²) in [6.45, 7) is 3.20. The molecule has 0 saturated heterocycles. The molecule has 1 amide bonds. The molecular weight excluding hydrogens is 246 g/mol. The van der Waals surface area contributed by atoms with E-state index in [0.717, 1.165) is 30.6 Å². The van der Waals surface area contributed by atoms with Crippen LogP contribution >= 0.6 is 0 Å². The molecule has 1 aromatic heterocycles. The third kappa shape index (κ3) is 2.80. The highest BCUT2D eigenvalue weighted by molar-refractivity contribution is 5.84. The van der Waals surface area contributed by atoms with E-state index in [0.29, 0.717) is 0 Å². The zero-order valence-electron chi connectivity index (χ0n) is 11.2. The van der Waals surface area contributed by atoms with E-state index < -0.39 is 17.8 Å². The Labute approximate surface area is 112 Å². The van der Waals surface area contributed by atoms with Gasteiger partial charge in [-0.2, -0.15) is 0 Å². The number of carboxylic acid groups (broad SMARTS) is 1. The van der Waals surface area contributed by atoms with Gasteiger partial charge < -0.3 is 14.8 Å². The summed E-state index contributed by atoms with van der Waals surface area (Å²) < 4.78 is 5.37. The van der Waals surface area contributed by atoms with Gasteiger partial charge in [-0.1, -0.05) is 13.8 Å². The lowest BCUT2D eigenvalue weighted by Crippen LogP contribution is -2.38. The monoisotopic (exact) mass is 265 g/mol. The molecule has 3 atom stereocenters. The number of rotatable bonds is 4. The van der Waals surface area contributed by atoms with E-state index in [1.165, 1.54) is 0 Å². The summed E-state index contributed by atoms with van der Waals surface area (Å²) in [7, 11) is 0. The van der Waals surface area contributed by atoms with Crippen LogP contribution in [0.25, 0.3) is 0 Å². The molecule has 0 spiro atoms. The maximum atomic E-state index is 12.1. The SMILES string of the molecule is CC(C(=O)O)C(C)C(=O)NC1CCCc2occc21. The number of amides is 1. The van der Waals surface area contributed by atoms with Crippen molar-refractivity contribution < 1.29 is 19.1 Å². The summed E-state index contributed by atoms with van der Waals surface area (Å²) in [6, 6.07) is 1.82. The molecule has 1 aliphatic rings. The highest BCUT2D eigenvalue weighted by Gasteiger charge is 2.29. The minimum absolute atomic E-state index is 0.0570. The number of aryl methyl sites for hydroxylation is 1. The van der Waals surface area contributed by atoms with Crippen LogP contribution in [0.1, 0.15) is 44.1 Å². The van der Waals surface area contributed by atoms with Gasteiger partial charge in [0.15, 0.2) is 0 Å². The van der Waals surface area contributed by atoms with Gasteiger partial charge in [-0.15, -0.1) is 0 Å². The van der Waals surface area contributed by atoms with E-state index in [-0.39, 0.29) is 11.9 Å². The van der Waals surface area contributed by atoms with Crippen LogP contribution in [0.15, 0.2) is 16.7 Å². The molecule has 19 heavy (non-hydrogen) atoms. The highest BCUT2D eigenvalue weighted by Crippen LogP contribution is 2.30. The molecule has 104 valence electrons. The van der Waals surface area contributed by atoms with Crippen molar-refractivity contribution in [2.45, 2.75) is 39.2 Å². The summed E-state index contributed by atoms with van der Waals surface area (Å²) in [5.74, 6) is -1.47. The van der Waals surface area contributed by atoms with Gasteiger partial charge in [-0.25, -0.2) is 0 Å². The van der Waals surface area contributed by atoms with Crippen molar-refractivity contribution in [2.75, 3.05) is 0 Å². The van der Waals surface area contributed by atoms with Crippen LogP contribution in [0.5, 0.6) is 0 Å². The van der Waals surface area contributed by atoms with Crippen molar-refractivity contribution in [1.29, 1.82) is 0 Å². The van der Waals surface area contributed by atoms with E-state index in [1.54, 1.807) is 20.1 Å². The fourth-order valence-corrected chi connectivity index (χ4v) is 2.38. The fourth-order valence-electron chi connectivity index (χ4n) is 2.38. The molecule has 0 bridgehead atoms. The van der Waals surface area contributed by atoms with Gasteiger partial charge in [0.25, 0.3) is 0 Å². The first kappa shape index (κ1) is 13.6. The number of furan rings is 1. The van der Waals surface area contributed by atoms with Crippen LogP contribution < -0.4 is 5.32 Å². The minimum Gasteiger partial charge on any atom is -0.481 e. The second kappa shape index (κ2) is 5.47. The molecule has 0 aromatic carbocycles. The Morgan fingerprint density at radius 1 is 1.42 bits per heavy atom. The molecular formula is C14H19NO4. The fraction of sp³-hybridized carbons (Fsp3) is 0.571. The van der Waals surface area contributed by atoms with Crippen molar-refractivity contribution in [1.82, 2.24) is 5.32 Å². The van der Waals surface area contributed by atoms with Crippen molar-refractivity contribution in [3.63, 3.8) is 0 Å². The van der Waals surface area contributed by atoms with E-state index in [9.17, 15) is 9.59 Å². The summed E-state index contributed by atoms with van der Waals surface area (Å²) >= 11 is 0. The smallest absolute Gasteiger partial charge is 0.307 e. The van der Waals surface area contributed by atoms with E-state index >= 15 is 0 Å². The summed E-state index contributed by atoms with van der Waals surface area (Å²) in [6.07, 6.45) is 4.37. The normalized spacial score (nSPS) is 21.3. The van der Waals surface area contributed by atoms with Gasteiger partial charge in [0.2, 0.25) is 5.91 Å². The van der Waals surface area contributed by atoms with E-state index in [1.807, 2.05) is 6.07 Å². The molecule has 0 fully saturated rings. The third-order valence-corrected chi connectivity index (χ3v) is 3.92. The molecule has 0 radical (unpaired) electrons. The maximum absolute atomic E-state index is 12.1. The van der Waals surface area contributed by atoms with Crippen LogP contribution in [0.3, 0.4) is 0 Å². The first-order valence-electron chi connectivity index (χ1n) is 6.60. The van der Waals surface area contributed by atoms with Crippen LogP contribution in [-0.4, -0.2) is 17.0 Å². The lowest BCUT2D eigenvalue weighted by atomic mass is 9.91. The number of carbonyl (C=O) groups excluding carboxylic acids is 1. The average Bonchev–Trinajstić information content (AvgIpc) is 2.86. The number of hydrogen-bond donors (Lipinski definition) is 2. The summed E-state index contributed by atoms with van der Waals surface area (Å²) in [4.78, 5) is 23.0. The van der Waals surface area contributed by atoms with Crippen molar-refractivity contribution in [2.24, 2.45) is 11.8 Å². The molecule has 0 saturated carbocycles. The number of aliphatic carboxylic acids is 1. The zero-order valence-corrected chi connectivity index (χ0v) is 11.2. The van der Waals surface area contributed by atoms with Crippen LogP contribution in [0.2, 0.25) is 0 Å². The summed E-state index contributed by atoms with van der Waals surface area (Å²) in [5, 5.41) is 11.9. The highest BCUT2D eigenvalue weighted by atomic mass is 16.4. The second-order valence-electron chi connectivity index (χ2n) is 5.17. The molecule has 5 heteroatoms. The van der Waals surface area contributed by atoms with Crippen molar-refractivity contribution in [3.05, 3.63) is 23.7 Å². The minimum atomic E-state index is -0.949. The number of carbonyl (C=O) groups is 2. The van der Waals surface area contributed by atoms with Crippen molar-refractivity contribution >= 4 is 11.9 Å². The molecule has 3 unspecified atom stereocenters. The molecule has 1 heterocycles. The predicted octanol–water partition coefficient (Wildman–Crippen LogP) is 2.13. The number of carboxylic acids is 1. The molecule has 0 aliphatic heterocycles. The third-order valence-electron chi connectivity index (χ3n) is 3.92. The Morgan fingerprint density at radius 3 is 2.84 bits per heavy atom. The molecule has 5 nitrogen and oxygen atoms in total. The Hall–Kier alpha value is -1.78. The van der Waals surface area contributed by atoms with Crippen LogP contribution in [0.4, 0.5) is 0 Å². The Balaban J connectivity index is 2.03. The lowest BCUT2D eigenvalue weighted by molar-refractivity contribution is -0.146. The van der Waals surface area contributed by atoms with Crippen LogP contribution in [-0.2, 0) is 16.0 Å². The maximum Gasteiger partial charge on any atom is 0.307 e. The van der Waals surface area contributed by atoms with Gasteiger partial charge in [-0.05, 0) is 18.9 Å². The predicted molar refractivity (Wildman–Crippen MR) is 68.5 cm³/mol. The van der Waals surface area contributed by atoms with E-state index in [2.05, 4.69) is 5.32 Å². The molecule has 2 N–H and O–H groups in total. The summed E-state index contributed by atoms with van der Waals surface area (Å²) in [5.41, 5.74) is 1.02. The quantitative estimate of drug-likeness (QED) is 0.874. The zero-order chi connectivity index (χ0) is 14.0. The first-order chi connectivity index (χ1) is 9.00. The molecule has 2 rings (SSSR count). The number of fused-ring (bicyclic) bond motifs is 1. The molecule has 1 aliphatic carbocycles. The Bertz CT molecular complexity index is 480. The average molecular weight is 265 g/mol. The standard InChI is InChI=1S/C14H19NO4/c1-8(9(2)14(17)18)13(16)15-11-4-3-5-12-10(11)6-7-19-12/h6-9,11H,3-5H2,1-2H3,(H,15,16)(H,17,18). The van der Waals surface area contributed by atoms with Crippen LogP contribution in [0, 0.1) is 11.8 Å². The Kier molecular flexibility index (Phi) is 3.93. The largest absolute Gasteiger partial charge is 0.481 e. The first-order valence-corrected chi connectivity index (χ1v) is 6.60. The van der Waals surface area contributed by atoms with Gasteiger partial charge in [0.05, 0.1) is 18.2 Å². The number of hydrogen-bond acceptors (Lipinski definition) is 3. The second-order valence-corrected chi connectivity index (χ2v) is 5.17. The van der Waals surface area contributed by atoms with E-state index in [4.69, 9.17) is 9.52 Å². The van der Waals surface area contributed by atoms with Gasteiger partial charge in [0.1, 0.15) is 5.76 Å². The van der Waals surface area contributed by atoms with Crippen molar-refractivity contribution in [3.8, 4) is 0 Å². The lowest BCUT2D eigenvalue weighted by Gasteiger charge is -2.25. The number of nitrogens with one attached hydrogen (secondary N) is 1. The van der Waals surface area contributed by atoms with Gasteiger partial charge in [0, 0.05) is 17.9 Å². The Morgan fingerprint density at radius 2 is 2.16 bits per heavy atom. The van der Waals surface area contributed by atoms with Gasteiger partial charge >= 0.3 is 5.97 Å².